The highest BCUT2D eigenvalue weighted by atomic mass is 35.5. The summed E-state index contributed by atoms with van der Waals surface area (Å²) in [6, 6.07) is 6.25. The summed E-state index contributed by atoms with van der Waals surface area (Å²) in [5.74, 6) is 1.59. The number of anilines is 2. The molecule has 122 valence electrons. The fourth-order valence-electron chi connectivity index (χ4n) is 2.73. The van der Waals surface area contributed by atoms with Crippen LogP contribution in [0.15, 0.2) is 30.6 Å². The third kappa shape index (κ3) is 4.09. The minimum absolute atomic E-state index is 0.385. The Morgan fingerprint density at radius 2 is 2.17 bits per heavy atom. The lowest BCUT2D eigenvalue weighted by Crippen LogP contribution is -2.26. The Kier molecular flexibility index (Phi) is 4.93. The third-order valence-corrected chi connectivity index (χ3v) is 4.24. The zero-order chi connectivity index (χ0) is 16.2. The normalized spacial score (nSPS) is 18.1. The largest absolute Gasteiger partial charge is 0.366 e. The molecule has 1 aliphatic heterocycles. The molecule has 1 atom stereocenters. The molecule has 0 radical (unpaired) electrons. The molecule has 1 aliphatic rings. The SMILES string of the molecule is CN(C)c1nccc(NC2CCN(Cc3cccnc3Cl)C2)n1. The lowest BCUT2D eigenvalue weighted by Gasteiger charge is -2.18. The number of rotatable bonds is 5. The van der Waals surface area contributed by atoms with Gasteiger partial charge in [0.05, 0.1) is 0 Å². The predicted molar refractivity (Wildman–Crippen MR) is 92.9 cm³/mol. The van der Waals surface area contributed by atoms with Crippen molar-refractivity contribution in [1.82, 2.24) is 19.9 Å². The van der Waals surface area contributed by atoms with Gasteiger partial charge in [0, 0.05) is 57.7 Å². The van der Waals surface area contributed by atoms with E-state index in [9.17, 15) is 0 Å². The van der Waals surface area contributed by atoms with E-state index in [-0.39, 0.29) is 0 Å². The minimum Gasteiger partial charge on any atom is -0.366 e. The van der Waals surface area contributed by atoms with Crippen molar-refractivity contribution in [3.05, 3.63) is 41.3 Å². The first-order valence-corrected chi connectivity index (χ1v) is 8.08. The first kappa shape index (κ1) is 16.0. The lowest BCUT2D eigenvalue weighted by atomic mass is 10.2. The molecule has 0 saturated carbocycles. The highest BCUT2D eigenvalue weighted by molar-refractivity contribution is 6.30. The highest BCUT2D eigenvalue weighted by Crippen LogP contribution is 2.20. The van der Waals surface area contributed by atoms with Gasteiger partial charge in [-0.1, -0.05) is 17.7 Å². The number of aromatic nitrogens is 3. The van der Waals surface area contributed by atoms with Crippen LogP contribution in [0.3, 0.4) is 0 Å². The van der Waals surface area contributed by atoms with E-state index in [2.05, 4.69) is 25.2 Å². The molecular formula is C16H21ClN6. The second-order valence-electron chi connectivity index (χ2n) is 5.95. The predicted octanol–water partition coefficient (Wildman–Crippen LogP) is 2.28. The number of nitrogens with zero attached hydrogens (tertiary/aromatic N) is 5. The second-order valence-corrected chi connectivity index (χ2v) is 6.31. The van der Waals surface area contributed by atoms with Gasteiger partial charge in [-0.3, -0.25) is 4.90 Å². The van der Waals surface area contributed by atoms with Crippen LogP contribution >= 0.6 is 11.6 Å². The fourth-order valence-corrected chi connectivity index (χ4v) is 2.90. The molecule has 0 aliphatic carbocycles. The molecule has 3 heterocycles. The molecule has 1 fully saturated rings. The molecule has 6 nitrogen and oxygen atoms in total. The molecule has 0 aromatic carbocycles. The molecule has 2 aromatic rings. The van der Waals surface area contributed by atoms with Crippen LogP contribution in [0.5, 0.6) is 0 Å². The average Bonchev–Trinajstić information content (AvgIpc) is 2.97. The molecule has 3 rings (SSSR count). The molecule has 7 heteroatoms. The maximum atomic E-state index is 6.14. The Labute approximate surface area is 141 Å². The van der Waals surface area contributed by atoms with Gasteiger partial charge >= 0.3 is 0 Å². The Balaban J connectivity index is 1.58. The Hall–Kier alpha value is -1.92. The number of halogens is 1. The number of hydrogen-bond donors (Lipinski definition) is 1. The topological polar surface area (TPSA) is 57.2 Å². The maximum Gasteiger partial charge on any atom is 0.226 e. The summed E-state index contributed by atoms with van der Waals surface area (Å²) >= 11 is 6.14. The van der Waals surface area contributed by atoms with E-state index in [1.165, 1.54) is 0 Å². The van der Waals surface area contributed by atoms with E-state index in [1.807, 2.05) is 37.2 Å². The van der Waals surface area contributed by atoms with Gasteiger partial charge in [0.2, 0.25) is 5.95 Å². The van der Waals surface area contributed by atoms with Gasteiger partial charge in [-0.25, -0.2) is 9.97 Å². The molecule has 0 spiro atoms. The summed E-state index contributed by atoms with van der Waals surface area (Å²) in [7, 11) is 3.88. The zero-order valence-electron chi connectivity index (χ0n) is 13.4. The number of likely N-dealkylation sites (tertiary alicyclic amines) is 1. The molecule has 1 saturated heterocycles. The van der Waals surface area contributed by atoms with Gasteiger partial charge in [0.1, 0.15) is 11.0 Å². The van der Waals surface area contributed by atoms with Gasteiger partial charge in [-0.05, 0) is 18.6 Å². The summed E-state index contributed by atoms with van der Waals surface area (Å²) in [4.78, 5) is 17.2. The molecule has 1 unspecified atom stereocenters. The first-order valence-electron chi connectivity index (χ1n) is 7.70. The Bertz CT molecular complexity index is 663. The van der Waals surface area contributed by atoms with Crippen LogP contribution in [0.4, 0.5) is 11.8 Å². The summed E-state index contributed by atoms with van der Waals surface area (Å²) in [5.41, 5.74) is 1.08. The van der Waals surface area contributed by atoms with E-state index < -0.39 is 0 Å². The molecule has 23 heavy (non-hydrogen) atoms. The van der Waals surface area contributed by atoms with E-state index in [0.29, 0.717) is 17.1 Å². The Morgan fingerprint density at radius 3 is 2.96 bits per heavy atom. The van der Waals surface area contributed by atoms with Crippen molar-refractivity contribution >= 4 is 23.4 Å². The fraction of sp³-hybridized carbons (Fsp3) is 0.438. The Morgan fingerprint density at radius 1 is 1.30 bits per heavy atom. The molecule has 1 N–H and O–H groups in total. The van der Waals surface area contributed by atoms with Gasteiger partial charge in [-0.15, -0.1) is 0 Å². The summed E-state index contributed by atoms with van der Waals surface area (Å²) in [6.07, 6.45) is 4.59. The van der Waals surface area contributed by atoms with Crippen molar-refractivity contribution < 1.29 is 0 Å². The smallest absolute Gasteiger partial charge is 0.226 e. The van der Waals surface area contributed by atoms with Gasteiger partial charge in [-0.2, -0.15) is 4.98 Å². The van der Waals surface area contributed by atoms with Crippen molar-refractivity contribution in [2.45, 2.75) is 19.0 Å². The van der Waals surface area contributed by atoms with Crippen LogP contribution in [-0.2, 0) is 6.54 Å². The quantitative estimate of drug-likeness (QED) is 0.848. The number of nitrogens with one attached hydrogen (secondary N) is 1. The van der Waals surface area contributed by atoms with Gasteiger partial charge in [0.15, 0.2) is 0 Å². The van der Waals surface area contributed by atoms with Crippen LogP contribution in [0.2, 0.25) is 5.15 Å². The van der Waals surface area contributed by atoms with Gasteiger partial charge < -0.3 is 10.2 Å². The summed E-state index contributed by atoms with van der Waals surface area (Å²) in [5, 5.41) is 4.09. The van der Waals surface area contributed by atoms with Crippen LogP contribution in [0.1, 0.15) is 12.0 Å². The monoisotopic (exact) mass is 332 g/mol. The van der Waals surface area contributed by atoms with Crippen molar-refractivity contribution in [2.24, 2.45) is 0 Å². The lowest BCUT2D eigenvalue weighted by molar-refractivity contribution is 0.328. The van der Waals surface area contributed by atoms with Crippen LogP contribution < -0.4 is 10.2 Å². The van der Waals surface area contributed by atoms with Crippen LogP contribution in [-0.4, -0.2) is 53.1 Å². The molecule has 2 aromatic heterocycles. The van der Waals surface area contributed by atoms with E-state index >= 15 is 0 Å². The summed E-state index contributed by atoms with van der Waals surface area (Å²) in [6.45, 7) is 2.83. The zero-order valence-corrected chi connectivity index (χ0v) is 14.2. The molecule has 0 bridgehead atoms. The van der Waals surface area contributed by atoms with Crippen molar-refractivity contribution in [1.29, 1.82) is 0 Å². The average molecular weight is 333 g/mol. The minimum atomic E-state index is 0.385. The van der Waals surface area contributed by atoms with E-state index in [4.69, 9.17) is 11.6 Å². The molecule has 0 amide bonds. The number of pyridine rings is 1. The maximum absolute atomic E-state index is 6.14. The highest BCUT2D eigenvalue weighted by Gasteiger charge is 2.23. The number of hydrogen-bond acceptors (Lipinski definition) is 6. The van der Waals surface area contributed by atoms with E-state index in [1.54, 1.807) is 12.4 Å². The van der Waals surface area contributed by atoms with Gasteiger partial charge in [0.25, 0.3) is 0 Å². The van der Waals surface area contributed by atoms with Crippen LogP contribution in [0, 0.1) is 0 Å². The summed E-state index contributed by atoms with van der Waals surface area (Å²) < 4.78 is 0. The van der Waals surface area contributed by atoms with Crippen molar-refractivity contribution in [2.75, 3.05) is 37.4 Å². The van der Waals surface area contributed by atoms with Crippen molar-refractivity contribution in [3.63, 3.8) is 0 Å². The third-order valence-electron chi connectivity index (χ3n) is 3.90. The van der Waals surface area contributed by atoms with E-state index in [0.717, 1.165) is 37.4 Å². The van der Waals surface area contributed by atoms with Crippen molar-refractivity contribution in [3.8, 4) is 0 Å². The second kappa shape index (κ2) is 7.10. The van der Waals surface area contributed by atoms with Crippen LogP contribution in [0.25, 0.3) is 0 Å². The first-order chi connectivity index (χ1) is 11.1. The molecular weight excluding hydrogens is 312 g/mol. The standard InChI is InChI=1S/C16H21ClN6/c1-22(2)16-19-8-5-14(21-16)20-13-6-9-23(11-13)10-12-4-3-7-18-15(12)17/h3-5,7-8,13H,6,9-11H2,1-2H3,(H,19,20,21).